The van der Waals surface area contributed by atoms with Gasteiger partial charge in [0.2, 0.25) is 5.69 Å². The Kier molecular flexibility index (Phi) is 23.1. The molecule has 65 heavy (non-hydrogen) atoms. The number of carboxylic acid groups (broad SMARTS) is 1. The molecule has 23 heteroatoms. The Morgan fingerprint density at radius 1 is 0.831 bits per heavy atom. The molecule has 0 spiro atoms. The molecule has 1 N–H and O–H groups in total. The van der Waals surface area contributed by atoms with Gasteiger partial charge in [-0.05, 0) is 104 Å². The van der Waals surface area contributed by atoms with Gasteiger partial charge in [-0.15, -0.1) is 0 Å². The van der Waals surface area contributed by atoms with Crippen molar-refractivity contribution in [1.82, 2.24) is 0 Å². The fraction of sp³-hybridized carbons (Fsp3) is 0.381. The van der Waals surface area contributed by atoms with Crippen molar-refractivity contribution in [3.05, 3.63) is 113 Å². The summed E-state index contributed by atoms with van der Waals surface area (Å²) in [5.74, 6) is -2.11. The number of rotatable bonds is 21. The van der Waals surface area contributed by atoms with Crippen molar-refractivity contribution in [2.24, 2.45) is 0 Å². The summed E-state index contributed by atoms with van der Waals surface area (Å²) in [5.41, 5.74) is 4.66. The van der Waals surface area contributed by atoms with Crippen molar-refractivity contribution < 1.29 is 157 Å². The molecule has 0 atom stereocenters. The predicted octanol–water partition coefficient (Wildman–Crippen LogP) is -3.80. The van der Waals surface area contributed by atoms with Crippen molar-refractivity contribution in [3.63, 3.8) is 0 Å². The van der Waals surface area contributed by atoms with Crippen LogP contribution in [0.4, 0.5) is 11.4 Å². The van der Waals surface area contributed by atoms with Gasteiger partial charge in [-0.3, -0.25) is 9.83 Å². The molecule has 0 unspecified atom stereocenters. The van der Waals surface area contributed by atoms with Crippen LogP contribution >= 0.6 is 12.0 Å². The van der Waals surface area contributed by atoms with Crippen LogP contribution in [0.2, 0.25) is 0 Å². The maximum absolute atomic E-state index is 12.1. The third-order valence-corrected chi connectivity index (χ3v) is 13.9. The van der Waals surface area contributed by atoms with Gasteiger partial charge in [-0.25, -0.2) is 25.3 Å². The van der Waals surface area contributed by atoms with Crippen molar-refractivity contribution in [2.45, 2.75) is 86.8 Å². The molecule has 2 heterocycles. The Bertz CT molecular complexity index is 2670. The molecular weight excluding hydrogens is 954 g/mol. The fourth-order valence-electron chi connectivity index (χ4n) is 7.95. The molecule has 0 aliphatic carbocycles. The normalized spacial score (nSPS) is 16.2. The average molecular weight is 1000 g/mol. The van der Waals surface area contributed by atoms with Gasteiger partial charge in [0, 0.05) is 70.3 Å². The third kappa shape index (κ3) is 16.2. The largest absolute Gasteiger partial charge is 1.00 e. The molecule has 0 amide bonds. The molecule has 0 aromatic heterocycles. The van der Waals surface area contributed by atoms with Crippen LogP contribution in [0.1, 0.15) is 82.1 Å². The van der Waals surface area contributed by atoms with E-state index in [0.717, 1.165) is 40.1 Å². The molecule has 0 radical (unpaired) electrons. The summed E-state index contributed by atoms with van der Waals surface area (Å²) in [6.45, 7) is 7.84. The van der Waals surface area contributed by atoms with E-state index in [4.69, 9.17) is 5.11 Å². The molecule has 16 nitrogen and oxygen atoms in total. The summed E-state index contributed by atoms with van der Waals surface area (Å²) in [6.07, 6.45) is 9.12. The van der Waals surface area contributed by atoms with Gasteiger partial charge < -0.3 is 28.9 Å². The van der Waals surface area contributed by atoms with Gasteiger partial charge in [-0.1, -0.05) is 44.2 Å². The van der Waals surface area contributed by atoms with E-state index in [-0.39, 0.29) is 121 Å². The number of benzene rings is 3. The summed E-state index contributed by atoms with van der Waals surface area (Å²) in [7, 11) is -13.9. The van der Waals surface area contributed by atoms with E-state index >= 15 is 0 Å². The zero-order valence-corrected chi connectivity index (χ0v) is 46.7. The van der Waals surface area contributed by atoms with Gasteiger partial charge in [0.15, 0.2) is 5.71 Å². The second-order valence-corrected chi connectivity index (χ2v) is 21.2. The monoisotopic (exact) mass is 1000 g/mol. The number of hydrogen-bond acceptors (Lipinski definition) is 15. The van der Waals surface area contributed by atoms with E-state index in [1.54, 1.807) is 17.0 Å². The summed E-state index contributed by atoms with van der Waals surface area (Å²) < 4.78 is 112. The van der Waals surface area contributed by atoms with Crippen LogP contribution in [0.5, 0.6) is 0 Å². The number of anilines is 1. The predicted molar refractivity (Wildman–Crippen MR) is 227 cm³/mol. The SMILES string of the molecule is CC1(C)C(/C=C/C(=C/C=C2/N(CCCS(=O)(=O)[O-])c3ccc(S(=O)(=O)[O-])cc3C2(C)C)c2cccc(CCCCC(=O)O)c2)=[N+](CCCS(=O)(=O)[O-])c2ccc(SOO[O-])cc21.[Na+].[Na+].[Na+]. The molecule has 0 bridgehead atoms. The van der Waals surface area contributed by atoms with Crippen molar-refractivity contribution >= 4 is 71.0 Å². The van der Waals surface area contributed by atoms with E-state index in [1.165, 1.54) is 18.2 Å². The van der Waals surface area contributed by atoms with Crippen LogP contribution in [-0.2, 0) is 61.8 Å². The second-order valence-electron chi connectivity index (χ2n) is 16.0. The number of fused-ring (bicyclic) bond motifs is 2. The maximum atomic E-state index is 12.1. The molecule has 0 fully saturated rings. The van der Waals surface area contributed by atoms with E-state index in [2.05, 4.69) is 9.37 Å². The minimum Gasteiger partial charge on any atom is -0.748 e. The Morgan fingerprint density at radius 3 is 2.14 bits per heavy atom. The Morgan fingerprint density at radius 2 is 1.51 bits per heavy atom. The zero-order valence-electron chi connectivity index (χ0n) is 37.4. The number of unbranched alkanes of at least 4 members (excludes halogenated alkanes) is 1. The van der Waals surface area contributed by atoms with Gasteiger partial charge in [-0.2, -0.15) is 8.91 Å². The summed E-state index contributed by atoms with van der Waals surface area (Å²) in [4.78, 5) is 13.1. The van der Waals surface area contributed by atoms with Gasteiger partial charge in [0.25, 0.3) is 0 Å². The van der Waals surface area contributed by atoms with Crippen molar-refractivity contribution in [1.29, 1.82) is 0 Å². The van der Waals surface area contributed by atoms with Crippen LogP contribution in [-0.4, -0.2) is 84.9 Å². The first-order valence-electron chi connectivity index (χ1n) is 19.5. The second kappa shape index (κ2) is 25.1. The number of nitrogens with zero attached hydrogens (tertiary/aromatic N) is 2. The van der Waals surface area contributed by atoms with Crippen LogP contribution in [0, 0.1) is 0 Å². The van der Waals surface area contributed by atoms with E-state index < -0.39 is 63.6 Å². The summed E-state index contributed by atoms with van der Waals surface area (Å²) in [5, 5.41) is 23.3. The minimum atomic E-state index is -4.83. The quantitative estimate of drug-likeness (QED) is 0.0157. The first kappa shape index (κ1) is 59.9. The average Bonchev–Trinajstić information content (AvgIpc) is 3.51. The molecule has 0 saturated heterocycles. The Hall–Kier alpha value is -1.22. The number of aryl methyl sites for hydroxylation is 1. The van der Waals surface area contributed by atoms with Crippen molar-refractivity contribution in [2.75, 3.05) is 29.5 Å². The molecule has 0 saturated carbocycles. The van der Waals surface area contributed by atoms with Gasteiger partial charge >= 0.3 is 94.6 Å². The first-order valence-corrected chi connectivity index (χ1v) is 24.8. The van der Waals surface area contributed by atoms with Gasteiger partial charge in [0.05, 0.1) is 42.6 Å². The smallest absolute Gasteiger partial charge is 0.748 e. The van der Waals surface area contributed by atoms with Crippen LogP contribution < -0.4 is 98.8 Å². The first-order chi connectivity index (χ1) is 28.9. The Labute approximate surface area is 451 Å². The van der Waals surface area contributed by atoms with Crippen LogP contribution in [0.15, 0.2) is 100 Å². The molecule has 336 valence electrons. The fourth-order valence-corrected chi connectivity index (χ4v) is 9.81. The summed E-state index contributed by atoms with van der Waals surface area (Å²) in [6, 6.07) is 17.0. The van der Waals surface area contributed by atoms with Crippen molar-refractivity contribution in [3.8, 4) is 0 Å². The molecule has 3 aromatic carbocycles. The number of carbonyl (C=O) groups is 1. The maximum Gasteiger partial charge on any atom is 1.00 e. The van der Waals surface area contributed by atoms with Crippen LogP contribution in [0.25, 0.3) is 5.57 Å². The molecule has 2 aliphatic rings. The number of carboxylic acids is 1. The molecule has 3 aromatic rings. The number of hydrogen-bond donors (Lipinski definition) is 1. The van der Waals surface area contributed by atoms with E-state index in [0.29, 0.717) is 46.7 Å². The van der Waals surface area contributed by atoms with Gasteiger partial charge in [0.1, 0.15) is 16.7 Å². The minimum absolute atomic E-state index is 0. The number of aliphatic carboxylic acids is 1. The van der Waals surface area contributed by atoms with Crippen LogP contribution in [0.3, 0.4) is 0 Å². The number of allylic oxidation sites excluding steroid dienone is 6. The Balaban J connectivity index is 0.00000484. The molecule has 2 aliphatic heterocycles. The molecular formula is C42H47N2Na3O14S4. The van der Waals surface area contributed by atoms with E-state index in [9.17, 15) is 49.0 Å². The standard InChI is InChI=1S/C42H50N2O14S4.3Na/c1-41(2)34-27-32(59-58-57-47)16-18-36(34)43(22-8-24-60(48,49)50)38(41)20-14-30(31-12-7-11-29(26-31)10-5-6-13-40(45)46)15-21-39-42(3,4)35-28-33(62(54,55)56)17-19-37(35)44(39)23-9-25-61(51,52)53;;;/h7,11-12,14-21,26-28H,5-6,8-10,13,22-25H2,1-4H3,(H4-,45,46,47,48,49,50,51,52,53,54,55,56);;;/q;3*+1/p-3. The topological polar surface area (TPSA) is 257 Å². The van der Waals surface area contributed by atoms with E-state index in [1.807, 2.05) is 86.9 Å². The summed E-state index contributed by atoms with van der Waals surface area (Å²) >= 11 is 0.718. The third-order valence-electron chi connectivity index (χ3n) is 10.9. The zero-order chi connectivity index (χ0) is 45.7. The molecule has 5 rings (SSSR count).